The molecule has 2 heterocycles. The lowest BCUT2D eigenvalue weighted by Crippen LogP contribution is -2.56. The highest BCUT2D eigenvalue weighted by atomic mass is 35.5. The Bertz CT molecular complexity index is 826. The third kappa shape index (κ3) is 3.21. The Morgan fingerprint density at radius 2 is 2.04 bits per heavy atom. The lowest BCUT2D eigenvalue weighted by atomic mass is 9.86. The summed E-state index contributed by atoms with van der Waals surface area (Å²) >= 11 is 7.06. The SMILES string of the molecule is C[C@@H]1[C@@H]2C(CN1C(=O)[C@@H](NS(=O)(=O)c1sccc1Cl)C(C)(C)C)C2(C)C. The fourth-order valence-electron chi connectivity index (χ4n) is 4.40. The number of piperidine rings is 1. The zero-order valence-electron chi connectivity index (χ0n) is 16.0. The Morgan fingerprint density at radius 1 is 1.42 bits per heavy atom. The summed E-state index contributed by atoms with van der Waals surface area (Å²) < 4.78 is 28.3. The van der Waals surface area contributed by atoms with E-state index in [1.807, 2.05) is 25.7 Å². The van der Waals surface area contributed by atoms with Crippen LogP contribution in [0.1, 0.15) is 41.5 Å². The second-order valence-corrected chi connectivity index (χ2v) is 12.4. The molecule has 0 aromatic carbocycles. The van der Waals surface area contributed by atoms with Crippen molar-refractivity contribution in [1.82, 2.24) is 9.62 Å². The molecule has 1 aromatic rings. The van der Waals surface area contributed by atoms with E-state index in [9.17, 15) is 13.2 Å². The first-order valence-corrected chi connectivity index (χ1v) is 11.6. The minimum Gasteiger partial charge on any atom is -0.338 e. The zero-order chi connectivity index (χ0) is 19.7. The molecule has 26 heavy (non-hydrogen) atoms. The number of rotatable bonds is 4. The second kappa shape index (κ2) is 6.19. The van der Waals surface area contributed by atoms with Crippen LogP contribution in [0.4, 0.5) is 0 Å². The first-order chi connectivity index (χ1) is 11.8. The number of nitrogens with one attached hydrogen (secondary N) is 1. The summed E-state index contributed by atoms with van der Waals surface area (Å²) in [7, 11) is -3.86. The molecule has 8 heteroatoms. The van der Waals surface area contributed by atoms with Crippen molar-refractivity contribution in [2.45, 2.75) is 57.8 Å². The molecular formula is C18H27ClN2O3S2. The quantitative estimate of drug-likeness (QED) is 0.812. The Balaban J connectivity index is 1.84. The van der Waals surface area contributed by atoms with Gasteiger partial charge in [0.1, 0.15) is 6.04 Å². The third-order valence-corrected chi connectivity index (χ3v) is 9.49. The predicted molar refractivity (Wildman–Crippen MR) is 105 cm³/mol. The fourth-order valence-corrected chi connectivity index (χ4v) is 7.50. The maximum absolute atomic E-state index is 13.3. The molecule has 5 nitrogen and oxygen atoms in total. The highest BCUT2D eigenvalue weighted by Gasteiger charge is 2.66. The average Bonchev–Trinajstić information content (AvgIpc) is 2.85. The third-order valence-electron chi connectivity index (χ3n) is 6.04. The first-order valence-electron chi connectivity index (χ1n) is 8.84. The van der Waals surface area contributed by atoms with Gasteiger partial charge in [-0.15, -0.1) is 11.3 Å². The zero-order valence-corrected chi connectivity index (χ0v) is 18.4. The summed E-state index contributed by atoms with van der Waals surface area (Å²) in [6.45, 7) is 12.9. The predicted octanol–water partition coefficient (Wildman–Crippen LogP) is 3.60. The van der Waals surface area contributed by atoms with Gasteiger partial charge >= 0.3 is 0 Å². The Hall–Kier alpha value is -0.630. The molecule has 2 aliphatic rings. The number of fused-ring (bicyclic) bond motifs is 1. The average molecular weight is 419 g/mol. The van der Waals surface area contributed by atoms with E-state index in [2.05, 4.69) is 25.5 Å². The van der Waals surface area contributed by atoms with Gasteiger partial charge in [-0.05, 0) is 41.0 Å². The standard InChI is InChI=1S/C18H27ClN2O3S2/c1-10-13-11(18(13,5)6)9-21(10)15(22)14(17(2,3)4)20-26(23,24)16-12(19)7-8-25-16/h7-8,10-11,13-14,20H,9H2,1-6H3/t10-,11?,13-,14-/m1/s1. The molecule has 1 amide bonds. The van der Waals surface area contributed by atoms with E-state index in [0.717, 1.165) is 11.3 Å². The molecule has 1 aliphatic heterocycles. The van der Waals surface area contributed by atoms with Gasteiger partial charge in [-0.2, -0.15) is 4.72 Å². The number of likely N-dealkylation sites (tertiary alicyclic amines) is 1. The van der Waals surface area contributed by atoms with Crippen LogP contribution in [-0.4, -0.2) is 37.9 Å². The normalized spacial score (nSPS) is 28.7. The van der Waals surface area contributed by atoms with Crippen molar-refractivity contribution in [3.05, 3.63) is 16.5 Å². The van der Waals surface area contributed by atoms with E-state index in [-0.39, 0.29) is 26.6 Å². The maximum Gasteiger partial charge on any atom is 0.252 e. The minimum atomic E-state index is -3.86. The smallest absolute Gasteiger partial charge is 0.252 e. The van der Waals surface area contributed by atoms with Crippen LogP contribution in [0.5, 0.6) is 0 Å². The maximum atomic E-state index is 13.3. The van der Waals surface area contributed by atoms with Crippen LogP contribution in [0.15, 0.2) is 15.7 Å². The summed E-state index contributed by atoms with van der Waals surface area (Å²) in [6, 6.07) is 0.836. The van der Waals surface area contributed by atoms with Gasteiger partial charge in [0.2, 0.25) is 5.91 Å². The van der Waals surface area contributed by atoms with Crippen molar-refractivity contribution in [2.24, 2.45) is 22.7 Å². The summed E-state index contributed by atoms with van der Waals surface area (Å²) in [5.74, 6) is 0.852. The number of halogens is 1. The number of thiophene rings is 1. The number of carbonyl (C=O) groups is 1. The molecule has 0 bridgehead atoms. The van der Waals surface area contributed by atoms with Crippen LogP contribution in [0.25, 0.3) is 0 Å². The molecule has 1 saturated carbocycles. The summed E-state index contributed by atoms with van der Waals surface area (Å²) in [4.78, 5) is 15.1. The Labute approximate surface area is 165 Å². The van der Waals surface area contributed by atoms with E-state index in [0.29, 0.717) is 18.4 Å². The van der Waals surface area contributed by atoms with Crippen molar-refractivity contribution < 1.29 is 13.2 Å². The van der Waals surface area contributed by atoms with Crippen LogP contribution < -0.4 is 4.72 Å². The molecule has 0 radical (unpaired) electrons. The van der Waals surface area contributed by atoms with E-state index in [1.54, 1.807) is 11.4 Å². The Kier molecular flexibility index (Phi) is 4.79. The van der Waals surface area contributed by atoms with Crippen molar-refractivity contribution in [3.8, 4) is 0 Å². The number of hydrogen-bond donors (Lipinski definition) is 1. The monoisotopic (exact) mass is 418 g/mol. The molecule has 1 saturated heterocycles. The number of carbonyl (C=O) groups excluding carboxylic acids is 1. The van der Waals surface area contributed by atoms with Crippen molar-refractivity contribution >= 4 is 38.9 Å². The molecule has 1 N–H and O–H groups in total. The largest absolute Gasteiger partial charge is 0.338 e. The highest BCUT2D eigenvalue weighted by Crippen LogP contribution is 2.64. The van der Waals surface area contributed by atoms with Crippen molar-refractivity contribution in [1.29, 1.82) is 0 Å². The number of nitrogens with zero attached hydrogens (tertiary/aromatic N) is 1. The molecule has 0 spiro atoms. The van der Waals surface area contributed by atoms with Crippen LogP contribution in [0.3, 0.4) is 0 Å². The van der Waals surface area contributed by atoms with E-state index in [4.69, 9.17) is 11.6 Å². The molecule has 1 aliphatic carbocycles. The van der Waals surface area contributed by atoms with Gasteiger partial charge in [0, 0.05) is 12.6 Å². The van der Waals surface area contributed by atoms with Crippen LogP contribution in [0, 0.1) is 22.7 Å². The Morgan fingerprint density at radius 3 is 2.46 bits per heavy atom. The van der Waals surface area contributed by atoms with Crippen LogP contribution in [0.2, 0.25) is 5.02 Å². The first kappa shape index (κ1) is 20.1. The van der Waals surface area contributed by atoms with Crippen LogP contribution in [-0.2, 0) is 14.8 Å². The molecular weight excluding hydrogens is 392 g/mol. The summed E-state index contributed by atoms with van der Waals surface area (Å²) in [5, 5.41) is 1.81. The molecule has 1 unspecified atom stereocenters. The minimum absolute atomic E-state index is 0.0552. The highest BCUT2D eigenvalue weighted by molar-refractivity contribution is 7.91. The number of sulfonamides is 1. The number of hydrogen-bond acceptors (Lipinski definition) is 4. The van der Waals surface area contributed by atoms with Gasteiger partial charge in [-0.3, -0.25) is 4.79 Å². The lowest BCUT2D eigenvalue weighted by molar-refractivity contribution is -0.137. The molecule has 2 fully saturated rings. The van der Waals surface area contributed by atoms with Gasteiger partial charge in [-0.25, -0.2) is 8.42 Å². The fraction of sp³-hybridized carbons (Fsp3) is 0.722. The molecule has 3 rings (SSSR count). The van der Waals surface area contributed by atoms with Gasteiger partial charge in [-0.1, -0.05) is 46.2 Å². The van der Waals surface area contributed by atoms with E-state index >= 15 is 0 Å². The topological polar surface area (TPSA) is 66.5 Å². The lowest BCUT2D eigenvalue weighted by Gasteiger charge is -2.36. The molecule has 4 atom stereocenters. The van der Waals surface area contributed by atoms with Crippen molar-refractivity contribution in [2.75, 3.05) is 6.54 Å². The van der Waals surface area contributed by atoms with E-state index < -0.39 is 21.5 Å². The summed E-state index contributed by atoms with van der Waals surface area (Å²) in [6.07, 6.45) is 0. The van der Waals surface area contributed by atoms with Gasteiger partial charge in [0.25, 0.3) is 10.0 Å². The molecule has 1 aromatic heterocycles. The molecule has 146 valence electrons. The van der Waals surface area contributed by atoms with Gasteiger partial charge < -0.3 is 4.90 Å². The van der Waals surface area contributed by atoms with Crippen molar-refractivity contribution in [3.63, 3.8) is 0 Å². The van der Waals surface area contributed by atoms with Gasteiger partial charge in [0.05, 0.1) is 5.02 Å². The van der Waals surface area contributed by atoms with E-state index in [1.165, 1.54) is 0 Å². The van der Waals surface area contributed by atoms with Crippen LogP contribution >= 0.6 is 22.9 Å². The summed E-state index contributed by atoms with van der Waals surface area (Å²) in [5.41, 5.74) is -0.284. The second-order valence-electron chi connectivity index (χ2n) is 9.16. The van der Waals surface area contributed by atoms with Gasteiger partial charge in [0.15, 0.2) is 4.21 Å². The number of amides is 1.